The monoisotopic (exact) mass is 350 g/mol. The van der Waals surface area contributed by atoms with Gasteiger partial charge in [-0.2, -0.15) is 5.10 Å². The van der Waals surface area contributed by atoms with E-state index >= 15 is 0 Å². The molecule has 2 aromatic heterocycles. The normalized spacial score (nSPS) is 16.3. The van der Waals surface area contributed by atoms with Gasteiger partial charge in [0.05, 0.1) is 18.8 Å². The van der Waals surface area contributed by atoms with E-state index in [0.29, 0.717) is 11.2 Å². The molecule has 0 spiro atoms. The van der Waals surface area contributed by atoms with Crippen molar-refractivity contribution < 1.29 is 9.53 Å². The van der Waals surface area contributed by atoms with Gasteiger partial charge in [-0.3, -0.25) is 4.79 Å². The summed E-state index contributed by atoms with van der Waals surface area (Å²) in [6.07, 6.45) is 10.3. The van der Waals surface area contributed by atoms with Gasteiger partial charge in [0.25, 0.3) is 5.91 Å². The van der Waals surface area contributed by atoms with Gasteiger partial charge in [-0.25, -0.2) is 9.50 Å². The number of carbonyl (C=O) groups is 1. The average Bonchev–Trinajstić information content (AvgIpc) is 3.13. The molecule has 26 heavy (non-hydrogen) atoms. The number of amides is 1. The van der Waals surface area contributed by atoms with E-state index in [1.54, 1.807) is 36.3 Å². The van der Waals surface area contributed by atoms with Crippen LogP contribution in [-0.2, 0) is 5.54 Å². The predicted molar refractivity (Wildman–Crippen MR) is 98.2 cm³/mol. The highest BCUT2D eigenvalue weighted by molar-refractivity contribution is 6.00. The van der Waals surface area contributed by atoms with Crippen molar-refractivity contribution in [2.24, 2.45) is 0 Å². The first-order valence-electron chi connectivity index (χ1n) is 8.97. The van der Waals surface area contributed by atoms with Crippen LogP contribution in [0, 0.1) is 0 Å². The third-order valence-corrected chi connectivity index (χ3v) is 5.23. The number of methoxy groups -OCH3 is 1. The Kier molecular flexibility index (Phi) is 4.32. The van der Waals surface area contributed by atoms with Crippen LogP contribution in [0.3, 0.4) is 0 Å². The summed E-state index contributed by atoms with van der Waals surface area (Å²) in [5, 5.41) is 7.54. The molecule has 1 saturated carbocycles. The van der Waals surface area contributed by atoms with E-state index in [4.69, 9.17) is 4.74 Å². The summed E-state index contributed by atoms with van der Waals surface area (Å²) < 4.78 is 6.89. The van der Waals surface area contributed by atoms with Crippen molar-refractivity contribution in [1.82, 2.24) is 19.9 Å². The number of fused-ring (bicyclic) bond motifs is 1. The number of rotatable bonds is 4. The van der Waals surface area contributed by atoms with Crippen molar-refractivity contribution in [3.8, 4) is 5.75 Å². The van der Waals surface area contributed by atoms with E-state index in [2.05, 4.69) is 27.5 Å². The minimum Gasteiger partial charge on any atom is -0.497 e. The molecule has 1 fully saturated rings. The first kappa shape index (κ1) is 16.6. The van der Waals surface area contributed by atoms with Crippen LogP contribution in [0.5, 0.6) is 5.75 Å². The van der Waals surface area contributed by atoms with Crippen LogP contribution in [0.1, 0.15) is 48.0 Å². The molecule has 1 aliphatic rings. The Bertz CT molecular complexity index is 911. The van der Waals surface area contributed by atoms with Crippen molar-refractivity contribution in [3.63, 3.8) is 0 Å². The highest BCUT2D eigenvalue weighted by atomic mass is 16.5. The Hall–Kier alpha value is -2.89. The zero-order chi connectivity index (χ0) is 18.0. The van der Waals surface area contributed by atoms with Crippen LogP contribution in [0.2, 0.25) is 0 Å². The molecule has 0 unspecified atom stereocenters. The van der Waals surface area contributed by atoms with Gasteiger partial charge in [-0.1, -0.05) is 31.4 Å². The largest absolute Gasteiger partial charge is 0.497 e. The van der Waals surface area contributed by atoms with E-state index in [1.165, 1.54) is 6.42 Å². The fourth-order valence-corrected chi connectivity index (χ4v) is 3.82. The number of hydrogen-bond donors (Lipinski definition) is 1. The van der Waals surface area contributed by atoms with Crippen molar-refractivity contribution in [2.75, 3.05) is 7.11 Å². The third-order valence-electron chi connectivity index (χ3n) is 5.23. The highest BCUT2D eigenvalue weighted by Gasteiger charge is 2.36. The highest BCUT2D eigenvalue weighted by Crippen LogP contribution is 2.38. The average molecular weight is 350 g/mol. The summed E-state index contributed by atoms with van der Waals surface area (Å²) >= 11 is 0. The van der Waals surface area contributed by atoms with Gasteiger partial charge in [0, 0.05) is 12.4 Å². The molecule has 1 N–H and O–H groups in total. The molecule has 0 bridgehead atoms. The van der Waals surface area contributed by atoms with Crippen LogP contribution in [-0.4, -0.2) is 27.6 Å². The third kappa shape index (κ3) is 2.92. The minimum absolute atomic E-state index is 0.128. The van der Waals surface area contributed by atoms with Crippen molar-refractivity contribution in [3.05, 3.63) is 60.0 Å². The predicted octanol–water partition coefficient (Wildman–Crippen LogP) is 3.33. The molecule has 4 rings (SSSR count). The molecular formula is C20H22N4O2. The molecule has 0 aliphatic heterocycles. The molecule has 2 heterocycles. The smallest absolute Gasteiger partial charge is 0.257 e. The topological polar surface area (TPSA) is 68.5 Å². The van der Waals surface area contributed by atoms with Crippen LogP contribution in [0.25, 0.3) is 5.65 Å². The van der Waals surface area contributed by atoms with Gasteiger partial charge < -0.3 is 10.1 Å². The molecule has 0 atom stereocenters. The van der Waals surface area contributed by atoms with Crippen LogP contribution >= 0.6 is 0 Å². The summed E-state index contributed by atoms with van der Waals surface area (Å²) in [5.41, 5.74) is 1.84. The van der Waals surface area contributed by atoms with Crippen LogP contribution < -0.4 is 10.1 Å². The maximum atomic E-state index is 13.1. The number of carbonyl (C=O) groups excluding carboxylic acids is 1. The zero-order valence-electron chi connectivity index (χ0n) is 14.8. The maximum Gasteiger partial charge on any atom is 0.257 e. The SMILES string of the molecule is COc1ccc(C2(NC(=O)c3cnn4cccnc34)CCCCC2)cc1. The van der Waals surface area contributed by atoms with Gasteiger partial charge in [0.15, 0.2) is 5.65 Å². The molecular weight excluding hydrogens is 328 g/mol. The number of ether oxygens (including phenoxy) is 1. The molecule has 6 heteroatoms. The summed E-state index contributed by atoms with van der Waals surface area (Å²) in [5.74, 6) is 0.689. The maximum absolute atomic E-state index is 13.1. The molecule has 1 amide bonds. The summed E-state index contributed by atoms with van der Waals surface area (Å²) in [7, 11) is 1.66. The van der Waals surface area contributed by atoms with Crippen molar-refractivity contribution >= 4 is 11.6 Å². The van der Waals surface area contributed by atoms with E-state index in [-0.39, 0.29) is 11.4 Å². The zero-order valence-corrected chi connectivity index (χ0v) is 14.8. The molecule has 1 aliphatic carbocycles. The number of nitrogens with one attached hydrogen (secondary N) is 1. The Labute approximate surface area is 152 Å². The lowest BCUT2D eigenvalue weighted by atomic mass is 9.76. The molecule has 0 saturated heterocycles. The second-order valence-electron chi connectivity index (χ2n) is 6.77. The van der Waals surface area contributed by atoms with Crippen molar-refractivity contribution in [2.45, 2.75) is 37.6 Å². The molecule has 134 valence electrons. The van der Waals surface area contributed by atoms with Gasteiger partial charge in [0.1, 0.15) is 11.3 Å². The van der Waals surface area contributed by atoms with Gasteiger partial charge in [-0.05, 0) is 36.6 Å². The lowest BCUT2D eigenvalue weighted by Gasteiger charge is -2.38. The lowest BCUT2D eigenvalue weighted by molar-refractivity contribution is 0.0867. The minimum atomic E-state index is -0.357. The second-order valence-corrected chi connectivity index (χ2v) is 6.77. The summed E-state index contributed by atoms with van der Waals surface area (Å²) in [6.45, 7) is 0. The van der Waals surface area contributed by atoms with Crippen molar-refractivity contribution in [1.29, 1.82) is 0 Å². The molecule has 0 radical (unpaired) electrons. The first-order chi connectivity index (χ1) is 12.7. The van der Waals surface area contributed by atoms with Crippen LogP contribution in [0.15, 0.2) is 48.9 Å². The van der Waals surface area contributed by atoms with E-state index in [9.17, 15) is 4.79 Å². The molecule has 6 nitrogen and oxygen atoms in total. The van der Waals surface area contributed by atoms with Crippen LogP contribution in [0.4, 0.5) is 0 Å². The number of aromatic nitrogens is 3. The fourth-order valence-electron chi connectivity index (χ4n) is 3.82. The Balaban J connectivity index is 1.67. The number of benzene rings is 1. The van der Waals surface area contributed by atoms with Gasteiger partial charge in [-0.15, -0.1) is 0 Å². The molecule has 1 aromatic carbocycles. The fraction of sp³-hybridized carbons (Fsp3) is 0.350. The Morgan fingerprint density at radius 3 is 2.69 bits per heavy atom. The summed E-state index contributed by atoms with van der Waals surface area (Å²) in [4.78, 5) is 17.4. The second kappa shape index (κ2) is 6.78. The Morgan fingerprint density at radius 2 is 1.96 bits per heavy atom. The molecule has 3 aromatic rings. The quantitative estimate of drug-likeness (QED) is 0.784. The van der Waals surface area contributed by atoms with E-state index in [0.717, 1.165) is 37.0 Å². The van der Waals surface area contributed by atoms with E-state index < -0.39 is 0 Å². The lowest BCUT2D eigenvalue weighted by Crippen LogP contribution is -2.47. The standard InChI is InChI=1S/C20H22N4O2/c1-26-16-8-6-15(7-9-16)20(10-3-2-4-11-20)23-19(25)17-14-22-24-13-5-12-21-18(17)24/h5-9,12-14H,2-4,10-11H2,1H3,(H,23,25). The number of hydrogen-bond acceptors (Lipinski definition) is 4. The van der Waals surface area contributed by atoms with E-state index in [1.807, 2.05) is 12.1 Å². The van der Waals surface area contributed by atoms with Gasteiger partial charge in [0.2, 0.25) is 0 Å². The van der Waals surface area contributed by atoms with Gasteiger partial charge >= 0.3 is 0 Å². The Morgan fingerprint density at radius 1 is 1.19 bits per heavy atom. The number of nitrogens with zero attached hydrogens (tertiary/aromatic N) is 3. The summed E-state index contributed by atoms with van der Waals surface area (Å²) in [6, 6.07) is 9.81. The first-order valence-corrected chi connectivity index (χ1v) is 8.97.